The van der Waals surface area contributed by atoms with Crippen LogP contribution < -0.4 is 0 Å². The van der Waals surface area contributed by atoms with Gasteiger partial charge < -0.3 is 5.11 Å². The highest BCUT2D eigenvalue weighted by molar-refractivity contribution is 8.01. The van der Waals surface area contributed by atoms with E-state index in [9.17, 15) is 15.2 Å². The number of fused-ring (bicyclic) bond motifs is 1. The zero-order valence-corrected chi connectivity index (χ0v) is 21.0. The van der Waals surface area contributed by atoms with Crippen LogP contribution in [0, 0.1) is 10.1 Å². The summed E-state index contributed by atoms with van der Waals surface area (Å²) < 4.78 is 1.89. The molecular formula is C27H18ClN3O3S2. The van der Waals surface area contributed by atoms with Crippen molar-refractivity contribution < 1.29 is 10.0 Å². The molecule has 36 heavy (non-hydrogen) atoms. The summed E-state index contributed by atoms with van der Waals surface area (Å²) in [5.41, 5.74) is 4.00. The van der Waals surface area contributed by atoms with Crippen LogP contribution in [0.15, 0.2) is 100 Å². The maximum Gasteiger partial charge on any atom is 0.270 e. The van der Waals surface area contributed by atoms with Crippen molar-refractivity contribution in [2.24, 2.45) is 4.99 Å². The number of aliphatic imine (C=N–C) groups is 1. The van der Waals surface area contributed by atoms with Crippen molar-refractivity contribution >= 4 is 62.5 Å². The summed E-state index contributed by atoms with van der Waals surface area (Å²) in [4.78, 5) is 19.7. The lowest BCUT2D eigenvalue weighted by atomic mass is 10.0. The van der Waals surface area contributed by atoms with E-state index in [1.165, 1.54) is 30.0 Å². The number of nitro benzene ring substituents is 1. The molecule has 0 aliphatic heterocycles. The van der Waals surface area contributed by atoms with Crippen molar-refractivity contribution in [2.45, 2.75) is 9.59 Å². The maximum atomic E-state index is 11.0. The zero-order chi connectivity index (χ0) is 25.1. The molecule has 5 rings (SSSR count). The number of thiazole rings is 1. The van der Waals surface area contributed by atoms with E-state index in [1.54, 1.807) is 23.1 Å². The van der Waals surface area contributed by atoms with Crippen LogP contribution in [0.5, 0.6) is 5.75 Å². The van der Waals surface area contributed by atoms with Gasteiger partial charge in [0.15, 0.2) is 4.34 Å². The average Bonchev–Trinajstić information content (AvgIpc) is 3.29. The topological polar surface area (TPSA) is 88.6 Å². The number of aromatic nitrogens is 1. The van der Waals surface area contributed by atoms with Crippen molar-refractivity contribution in [3.05, 3.63) is 123 Å². The first-order valence-electron chi connectivity index (χ1n) is 10.9. The Labute approximate surface area is 220 Å². The Kier molecular flexibility index (Phi) is 6.99. The molecule has 0 saturated heterocycles. The summed E-state index contributed by atoms with van der Waals surface area (Å²) in [7, 11) is 0. The average molecular weight is 532 g/mol. The minimum absolute atomic E-state index is 0.0540. The molecule has 1 N–H and O–H groups in total. The fourth-order valence-electron chi connectivity index (χ4n) is 3.62. The lowest BCUT2D eigenvalue weighted by Gasteiger charge is -2.16. The molecule has 1 aromatic heterocycles. The molecular weight excluding hydrogens is 514 g/mol. The van der Waals surface area contributed by atoms with Gasteiger partial charge in [-0.05, 0) is 47.5 Å². The molecule has 0 fully saturated rings. The summed E-state index contributed by atoms with van der Waals surface area (Å²) in [6.45, 7) is 0. The summed E-state index contributed by atoms with van der Waals surface area (Å²) in [5.74, 6) is -0.0731. The molecule has 1 heterocycles. The summed E-state index contributed by atoms with van der Waals surface area (Å²) in [5, 5.41) is 21.8. The second-order valence-corrected chi connectivity index (χ2v) is 10.7. The highest BCUT2D eigenvalue weighted by Gasteiger charge is 2.18. The number of hydrogen-bond donors (Lipinski definition) is 1. The molecule has 0 bridgehead atoms. The smallest absolute Gasteiger partial charge is 0.270 e. The number of thioether (sulfide) groups is 1. The zero-order valence-electron chi connectivity index (χ0n) is 18.6. The molecule has 9 heteroatoms. The third-order valence-corrected chi connectivity index (χ3v) is 8.10. The van der Waals surface area contributed by atoms with E-state index in [4.69, 9.17) is 16.6 Å². The predicted molar refractivity (Wildman–Crippen MR) is 147 cm³/mol. The van der Waals surface area contributed by atoms with Crippen molar-refractivity contribution in [1.29, 1.82) is 0 Å². The molecule has 0 saturated carbocycles. The lowest BCUT2D eigenvalue weighted by Crippen LogP contribution is -1.96. The van der Waals surface area contributed by atoms with Crippen LogP contribution in [0.25, 0.3) is 10.2 Å². The molecule has 0 aliphatic carbocycles. The number of phenolic OH excluding ortho intramolecular Hbond substituents is 1. The normalized spacial score (nSPS) is 12.2. The van der Waals surface area contributed by atoms with Gasteiger partial charge in [-0.15, -0.1) is 11.3 Å². The third kappa shape index (κ3) is 5.41. The predicted octanol–water partition coefficient (Wildman–Crippen LogP) is 8.20. The minimum Gasteiger partial charge on any atom is -0.507 e. The number of nitro groups is 1. The second kappa shape index (κ2) is 10.5. The fraction of sp³-hybridized carbons (Fsp3) is 0.0370. The Morgan fingerprint density at radius 1 is 1.00 bits per heavy atom. The van der Waals surface area contributed by atoms with Gasteiger partial charge in [0, 0.05) is 28.9 Å². The number of benzene rings is 4. The van der Waals surface area contributed by atoms with Gasteiger partial charge in [-0.1, -0.05) is 65.8 Å². The maximum absolute atomic E-state index is 11.0. The van der Waals surface area contributed by atoms with Gasteiger partial charge in [0.2, 0.25) is 0 Å². The van der Waals surface area contributed by atoms with Gasteiger partial charge in [-0.2, -0.15) is 0 Å². The van der Waals surface area contributed by atoms with Crippen LogP contribution in [0.1, 0.15) is 21.9 Å². The van der Waals surface area contributed by atoms with E-state index >= 15 is 0 Å². The van der Waals surface area contributed by atoms with Crippen molar-refractivity contribution in [3.63, 3.8) is 0 Å². The number of non-ortho nitro benzene ring substituents is 1. The SMILES string of the molecule is O=[N+]([O-])c1ccc(O)c(C=Nc2ccc3nc(S[C@H](c4ccccc4)c4ccc(Cl)cc4)sc3c2)c1. The van der Waals surface area contributed by atoms with Crippen molar-refractivity contribution in [2.75, 3.05) is 0 Å². The molecule has 4 aromatic carbocycles. The first-order chi connectivity index (χ1) is 17.5. The fourth-order valence-corrected chi connectivity index (χ4v) is 6.17. The number of rotatable bonds is 7. The number of aromatic hydroxyl groups is 1. The molecule has 5 aromatic rings. The van der Waals surface area contributed by atoms with Crippen LogP contribution in [-0.4, -0.2) is 21.2 Å². The van der Waals surface area contributed by atoms with E-state index in [2.05, 4.69) is 17.1 Å². The Morgan fingerprint density at radius 2 is 1.75 bits per heavy atom. The first kappa shape index (κ1) is 24.0. The quantitative estimate of drug-likeness (QED) is 0.0989. The lowest BCUT2D eigenvalue weighted by molar-refractivity contribution is -0.384. The molecule has 0 amide bonds. The first-order valence-corrected chi connectivity index (χ1v) is 12.9. The van der Waals surface area contributed by atoms with Gasteiger partial charge in [0.1, 0.15) is 5.75 Å². The van der Waals surface area contributed by atoms with E-state index < -0.39 is 4.92 Å². The van der Waals surface area contributed by atoms with Gasteiger partial charge in [-0.25, -0.2) is 4.98 Å². The Morgan fingerprint density at radius 3 is 2.50 bits per heavy atom. The van der Waals surface area contributed by atoms with E-state index in [0.717, 1.165) is 20.1 Å². The standard InChI is InChI=1S/C27H18ClN3O3S2/c28-20-8-6-18(7-9-20)26(17-4-2-1-3-5-17)36-27-30-23-12-10-21(15-25(23)35-27)29-16-19-14-22(31(33)34)11-13-24(19)32/h1-16,26,32H/t26-/m1/s1. The highest BCUT2D eigenvalue weighted by Crippen LogP contribution is 2.43. The number of halogens is 1. The number of phenols is 1. The van der Waals surface area contributed by atoms with E-state index in [0.29, 0.717) is 10.7 Å². The summed E-state index contributed by atoms with van der Waals surface area (Å²) in [6, 6.07) is 27.6. The van der Waals surface area contributed by atoms with Crippen LogP contribution in [0.2, 0.25) is 5.02 Å². The summed E-state index contributed by atoms with van der Waals surface area (Å²) >= 11 is 9.37. The Hall–Kier alpha value is -3.72. The Bertz CT molecular complexity index is 1570. The molecule has 1 atom stereocenters. The van der Waals surface area contributed by atoms with Gasteiger partial charge in [-0.3, -0.25) is 15.1 Å². The number of hydrogen-bond acceptors (Lipinski definition) is 7. The second-order valence-electron chi connectivity index (χ2n) is 7.85. The Balaban J connectivity index is 1.42. The molecule has 0 aliphatic rings. The largest absolute Gasteiger partial charge is 0.507 e. The van der Waals surface area contributed by atoms with E-state index in [-0.39, 0.29) is 22.3 Å². The van der Waals surface area contributed by atoms with Crippen molar-refractivity contribution in [3.8, 4) is 5.75 Å². The van der Waals surface area contributed by atoms with Crippen LogP contribution >= 0.6 is 34.7 Å². The molecule has 178 valence electrons. The molecule has 0 unspecified atom stereocenters. The van der Waals surface area contributed by atoms with Crippen LogP contribution in [0.4, 0.5) is 11.4 Å². The molecule has 0 spiro atoms. The van der Waals surface area contributed by atoms with Gasteiger partial charge >= 0.3 is 0 Å². The van der Waals surface area contributed by atoms with E-state index in [1.807, 2.05) is 60.7 Å². The summed E-state index contributed by atoms with van der Waals surface area (Å²) in [6.07, 6.45) is 1.42. The van der Waals surface area contributed by atoms with Gasteiger partial charge in [0.25, 0.3) is 5.69 Å². The van der Waals surface area contributed by atoms with Gasteiger partial charge in [0.05, 0.1) is 26.1 Å². The number of nitrogens with zero attached hydrogens (tertiary/aromatic N) is 3. The monoisotopic (exact) mass is 531 g/mol. The molecule has 6 nitrogen and oxygen atoms in total. The third-order valence-electron chi connectivity index (χ3n) is 5.42. The highest BCUT2D eigenvalue weighted by atomic mass is 35.5. The van der Waals surface area contributed by atoms with Crippen LogP contribution in [0.3, 0.4) is 0 Å². The van der Waals surface area contributed by atoms with Crippen molar-refractivity contribution in [1.82, 2.24) is 4.98 Å². The molecule has 0 radical (unpaired) electrons. The van der Waals surface area contributed by atoms with Crippen LogP contribution in [-0.2, 0) is 0 Å². The minimum atomic E-state index is -0.508.